The monoisotopic (exact) mass is 524 g/mol. The average molecular weight is 525 g/mol. The molecule has 1 aliphatic heterocycles. The van der Waals surface area contributed by atoms with E-state index in [0.29, 0.717) is 23.4 Å². The third-order valence-corrected chi connectivity index (χ3v) is 6.70. The van der Waals surface area contributed by atoms with Crippen LogP contribution in [0.5, 0.6) is 0 Å². The van der Waals surface area contributed by atoms with E-state index < -0.39 is 29.2 Å². The standard InChI is InChI=1S/C26H19F3N4O3S/c27-26(28,29)17-10-8-16(9-11-17)15-32-24(35)22(30-25(32)36)14-20-21(13-19-7-4-12-37-19)31-33(23(20)34)18-5-2-1-3-6-18/h1-12,14,31H,13,15H2,(H,30,36)/b22-14-. The second-order valence-corrected chi connectivity index (χ2v) is 9.34. The van der Waals surface area contributed by atoms with E-state index in [9.17, 15) is 27.6 Å². The van der Waals surface area contributed by atoms with Gasteiger partial charge in [-0.3, -0.25) is 19.6 Å². The molecule has 4 aromatic rings. The lowest BCUT2D eigenvalue weighted by Gasteiger charge is -2.13. The summed E-state index contributed by atoms with van der Waals surface area (Å²) >= 11 is 1.52. The van der Waals surface area contributed by atoms with Crippen LogP contribution in [0.3, 0.4) is 0 Å². The van der Waals surface area contributed by atoms with E-state index in [1.54, 1.807) is 24.3 Å². The number of hydrogen-bond acceptors (Lipinski definition) is 4. The summed E-state index contributed by atoms with van der Waals surface area (Å²) in [4.78, 5) is 40.8. The van der Waals surface area contributed by atoms with Crippen LogP contribution in [0.1, 0.15) is 27.3 Å². The van der Waals surface area contributed by atoms with Crippen molar-refractivity contribution in [3.8, 4) is 5.69 Å². The average Bonchev–Trinajstić information content (AvgIpc) is 3.56. The van der Waals surface area contributed by atoms with Crippen molar-refractivity contribution in [1.82, 2.24) is 20.0 Å². The Kier molecular flexibility index (Phi) is 6.30. The number of H-pyrrole nitrogens is 1. The highest BCUT2D eigenvalue weighted by molar-refractivity contribution is 7.09. The van der Waals surface area contributed by atoms with E-state index >= 15 is 0 Å². The molecule has 2 aromatic heterocycles. The largest absolute Gasteiger partial charge is 0.416 e. The zero-order valence-corrected chi connectivity index (χ0v) is 19.9. The number of alkyl halides is 3. The first kappa shape index (κ1) is 24.3. The summed E-state index contributed by atoms with van der Waals surface area (Å²) in [7, 11) is 0. The lowest BCUT2D eigenvalue weighted by Crippen LogP contribution is -2.30. The maximum Gasteiger partial charge on any atom is 0.416 e. The predicted molar refractivity (Wildman–Crippen MR) is 132 cm³/mol. The number of halogens is 3. The fraction of sp³-hybridized carbons (Fsp3) is 0.115. The Balaban J connectivity index is 1.46. The van der Waals surface area contributed by atoms with Gasteiger partial charge in [-0.05, 0) is 47.4 Å². The van der Waals surface area contributed by atoms with E-state index in [0.717, 1.165) is 21.9 Å². The summed E-state index contributed by atoms with van der Waals surface area (Å²) < 4.78 is 39.9. The number of nitrogens with one attached hydrogen (secondary N) is 2. The number of carbonyl (C=O) groups excluding carboxylic acids is 2. The minimum Gasteiger partial charge on any atom is -0.303 e. The Morgan fingerprint density at radius 1 is 0.919 bits per heavy atom. The van der Waals surface area contributed by atoms with E-state index in [4.69, 9.17) is 0 Å². The molecular weight excluding hydrogens is 505 g/mol. The predicted octanol–water partition coefficient (Wildman–Crippen LogP) is 4.93. The molecule has 2 aromatic carbocycles. The minimum absolute atomic E-state index is 0.0966. The normalized spacial score (nSPS) is 15.0. The molecular formula is C26H19F3N4O3S. The number of thiophene rings is 1. The van der Waals surface area contributed by atoms with Crippen molar-refractivity contribution < 1.29 is 22.8 Å². The van der Waals surface area contributed by atoms with Crippen molar-refractivity contribution in [2.24, 2.45) is 0 Å². The summed E-state index contributed by atoms with van der Waals surface area (Å²) in [6.45, 7) is -0.219. The van der Waals surface area contributed by atoms with Gasteiger partial charge in [0.15, 0.2) is 0 Å². The van der Waals surface area contributed by atoms with Crippen LogP contribution >= 0.6 is 11.3 Å². The fourth-order valence-electron chi connectivity index (χ4n) is 3.97. The van der Waals surface area contributed by atoms with Crippen LogP contribution in [0.15, 0.2) is 82.6 Å². The lowest BCUT2D eigenvalue weighted by molar-refractivity contribution is -0.137. The van der Waals surface area contributed by atoms with Crippen LogP contribution in [0, 0.1) is 0 Å². The number of benzene rings is 2. The Labute approximate surface area is 212 Å². The van der Waals surface area contributed by atoms with E-state index in [-0.39, 0.29) is 17.8 Å². The fourth-order valence-corrected chi connectivity index (χ4v) is 4.68. The van der Waals surface area contributed by atoms with Crippen LogP contribution in [0.25, 0.3) is 11.8 Å². The molecule has 2 N–H and O–H groups in total. The summed E-state index contributed by atoms with van der Waals surface area (Å²) in [6.07, 6.45) is -2.74. The number of carbonyl (C=O) groups is 2. The molecule has 0 radical (unpaired) electrons. The number of nitrogens with zero attached hydrogens (tertiary/aromatic N) is 2. The molecule has 1 saturated heterocycles. The highest BCUT2D eigenvalue weighted by Crippen LogP contribution is 2.29. The van der Waals surface area contributed by atoms with Gasteiger partial charge in [-0.1, -0.05) is 36.4 Å². The van der Waals surface area contributed by atoms with Gasteiger partial charge in [0.25, 0.3) is 11.5 Å². The third kappa shape index (κ3) is 4.98. The molecule has 7 nitrogen and oxygen atoms in total. The number of rotatable bonds is 6. The van der Waals surface area contributed by atoms with Crippen molar-refractivity contribution in [2.45, 2.75) is 19.1 Å². The molecule has 3 amide bonds. The maximum absolute atomic E-state index is 13.3. The maximum atomic E-state index is 13.3. The van der Waals surface area contributed by atoms with Gasteiger partial charge in [-0.15, -0.1) is 11.3 Å². The highest BCUT2D eigenvalue weighted by atomic mass is 32.1. The molecule has 37 heavy (non-hydrogen) atoms. The zero-order valence-electron chi connectivity index (χ0n) is 19.1. The van der Waals surface area contributed by atoms with E-state index in [2.05, 4.69) is 10.4 Å². The number of aromatic amines is 1. The first-order valence-electron chi connectivity index (χ1n) is 11.1. The second kappa shape index (κ2) is 9.58. The second-order valence-electron chi connectivity index (χ2n) is 8.31. The molecule has 0 bridgehead atoms. The highest BCUT2D eigenvalue weighted by Gasteiger charge is 2.35. The topological polar surface area (TPSA) is 87.2 Å². The molecule has 3 heterocycles. The number of amides is 3. The molecule has 0 saturated carbocycles. The van der Waals surface area contributed by atoms with Crippen molar-refractivity contribution in [3.63, 3.8) is 0 Å². The van der Waals surface area contributed by atoms with E-state index in [1.807, 2.05) is 23.6 Å². The zero-order chi connectivity index (χ0) is 26.2. The molecule has 1 aliphatic rings. The minimum atomic E-state index is -4.49. The van der Waals surface area contributed by atoms with Crippen molar-refractivity contribution >= 4 is 29.4 Å². The van der Waals surface area contributed by atoms with Crippen LogP contribution in [-0.2, 0) is 23.9 Å². The molecule has 5 rings (SSSR count). The SMILES string of the molecule is O=C1N/C(=C\c2c(Cc3cccs3)[nH]n(-c3ccccc3)c2=O)C(=O)N1Cc1ccc(C(F)(F)F)cc1. The molecule has 0 aliphatic carbocycles. The summed E-state index contributed by atoms with van der Waals surface area (Å²) in [5.41, 5.74) is 0.424. The number of aromatic nitrogens is 2. The Hall–Kier alpha value is -4.38. The Morgan fingerprint density at radius 2 is 1.65 bits per heavy atom. The third-order valence-electron chi connectivity index (χ3n) is 5.82. The van der Waals surface area contributed by atoms with Gasteiger partial charge >= 0.3 is 12.2 Å². The van der Waals surface area contributed by atoms with Gasteiger partial charge in [0.2, 0.25) is 0 Å². The van der Waals surface area contributed by atoms with Gasteiger partial charge in [-0.25, -0.2) is 9.48 Å². The number of para-hydroxylation sites is 1. The molecule has 1 fully saturated rings. The van der Waals surface area contributed by atoms with Crippen molar-refractivity contribution in [2.75, 3.05) is 0 Å². The number of hydrogen-bond donors (Lipinski definition) is 2. The molecule has 0 spiro atoms. The van der Waals surface area contributed by atoms with Gasteiger partial charge in [-0.2, -0.15) is 13.2 Å². The van der Waals surface area contributed by atoms with Crippen LogP contribution < -0.4 is 10.9 Å². The summed E-state index contributed by atoms with van der Waals surface area (Å²) in [6, 6.07) is 16.2. The summed E-state index contributed by atoms with van der Waals surface area (Å²) in [5, 5.41) is 7.51. The smallest absolute Gasteiger partial charge is 0.303 e. The van der Waals surface area contributed by atoms with Crippen LogP contribution in [0.2, 0.25) is 0 Å². The first-order valence-corrected chi connectivity index (χ1v) is 12.0. The van der Waals surface area contributed by atoms with Crippen molar-refractivity contribution in [3.05, 3.63) is 115 Å². The quantitative estimate of drug-likeness (QED) is 0.277. The molecule has 0 atom stereocenters. The van der Waals surface area contributed by atoms with Gasteiger partial charge in [0.1, 0.15) is 5.70 Å². The Bertz CT molecular complexity index is 1540. The number of urea groups is 1. The molecule has 0 unspecified atom stereocenters. The lowest BCUT2D eigenvalue weighted by atomic mass is 10.1. The van der Waals surface area contributed by atoms with E-state index in [1.165, 1.54) is 34.2 Å². The van der Waals surface area contributed by atoms with Gasteiger partial charge < -0.3 is 5.32 Å². The molecule has 11 heteroatoms. The van der Waals surface area contributed by atoms with Gasteiger partial charge in [0.05, 0.1) is 29.1 Å². The molecule has 188 valence electrons. The van der Waals surface area contributed by atoms with Crippen LogP contribution in [-0.4, -0.2) is 26.6 Å². The van der Waals surface area contributed by atoms with Gasteiger partial charge in [0, 0.05) is 11.3 Å². The number of imide groups is 1. The Morgan fingerprint density at radius 3 is 2.30 bits per heavy atom. The van der Waals surface area contributed by atoms with Crippen molar-refractivity contribution in [1.29, 1.82) is 0 Å². The van der Waals surface area contributed by atoms with Crippen LogP contribution in [0.4, 0.5) is 18.0 Å². The summed E-state index contributed by atoms with van der Waals surface area (Å²) in [5.74, 6) is -0.682. The first-order chi connectivity index (χ1) is 17.7.